The van der Waals surface area contributed by atoms with Crippen LogP contribution in [0.15, 0.2) is 12.5 Å². The van der Waals surface area contributed by atoms with Gasteiger partial charge in [0.15, 0.2) is 0 Å². The van der Waals surface area contributed by atoms with E-state index in [1.54, 1.807) is 0 Å². The van der Waals surface area contributed by atoms with E-state index in [0.717, 1.165) is 30.9 Å². The van der Waals surface area contributed by atoms with Gasteiger partial charge in [0, 0.05) is 25.6 Å². The minimum Gasteiger partial charge on any atom is -0.374 e. The lowest BCUT2D eigenvalue weighted by molar-refractivity contribution is -0.0856. The van der Waals surface area contributed by atoms with Gasteiger partial charge in [-0.15, -0.1) is 0 Å². The molecule has 3 heterocycles. The van der Waals surface area contributed by atoms with E-state index in [2.05, 4.69) is 16.6 Å². The number of hydrogen-bond acceptors (Lipinski definition) is 5. The quantitative estimate of drug-likeness (QED) is 0.645. The molecule has 0 aromatic carbocycles. The van der Waals surface area contributed by atoms with Gasteiger partial charge in [0.05, 0.1) is 23.7 Å². The maximum absolute atomic E-state index is 6.08. The third kappa shape index (κ3) is 2.67. The number of hydrogen-bond donors (Lipinski definition) is 2. The molecule has 19 heavy (non-hydrogen) atoms. The molecule has 3 unspecified atom stereocenters. The van der Waals surface area contributed by atoms with Gasteiger partial charge in [-0.25, -0.2) is 4.98 Å². The van der Waals surface area contributed by atoms with Crippen LogP contribution in [0.3, 0.4) is 0 Å². The third-order valence-corrected chi connectivity index (χ3v) is 5.52. The van der Waals surface area contributed by atoms with Gasteiger partial charge in [-0.05, 0) is 30.9 Å². The van der Waals surface area contributed by atoms with Gasteiger partial charge < -0.3 is 9.30 Å². The average Bonchev–Trinajstić information content (AvgIpc) is 3.01. The summed E-state index contributed by atoms with van der Waals surface area (Å²) in [4.78, 5) is 4.45. The van der Waals surface area contributed by atoms with E-state index in [9.17, 15) is 0 Å². The fourth-order valence-electron chi connectivity index (χ4n) is 3.27. The number of nitrogens with two attached hydrogens (primary N) is 1. The Balaban J connectivity index is 1.76. The Kier molecular flexibility index (Phi) is 3.84. The molecular formula is C13H22N4OS. The monoisotopic (exact) mass is 282 g/mol. The van der Waals surface area contributed by atoms with Crippen molar-refractivity contribution in [3.63, 3.8) is 0 Å². The summed E-state index contributed by atoms with van der Waals surface area (Å²) in [6.45, 7) is 0.843. The molecule has 0 bridgehead atoms. The molecule has 2 aliphatic heterocycles. The maximum atomic E-state index is 6.08. The van der Waals surface area contributed by atoms with Gasteiger partial charge in [0.2, 0.25) is 0 Å². The molecule has 3 atom stereocenters. The number of hydrazine groups is 1. The lowest BCUT2D eigenvalue weighted by Gasteiger charge is -2.40. The van der Waals surface area contributed by atoms with Crippen LogP contribution in [-0.2, 0) is 11.8 Å². The molecule has 106 valence electrons. The second-order valence-corrected chi connectivity index (χ2v) is 6.80. The molecule has 3 rings (SSSR count). The van der Waals surface area contributed by atoms with Gasteiger partial charge in [-0.3, -0.25) is 11.3 Å². The van der Waals surface area contributed by atoms with E-state index in [1.807, 2.05) is 29.7 Å². The molecule has 2 fully saturated rings. The summed E-state index contributed by atoms with van der Waals surface area (Å²) in [5, 5.41) is 0. The first-order valence-electron chi connectivity index (χ1n) is 6.88. The van der Waals surface area contributed by atoms with Crippen molar-refractivity contribution in [1.29, 1.82) is 0 Å². The first-order chi connectivity index (χ1) is 9.22. The Hall–Kier alpha value is -0.560. The lowest BCUT2D eigenvalue weighted by atomic mass is 9.80. The zero-order valence-corrected chi connectivity index (χ0v) is 12.2. The van der Waals surface area contributed by atoms with E-state index in [1.165, 1.54) is 12.2 Å². The summed E-state index contributed by atoms with van der Waals surface area (Å²) < 4.78 is 8.05. The summed E-state index contributed by atoms with van der Waals surface area (Å²) >= 11 is 2.00. The van der Waals surface area contributed by atoms with Gasteiger partial charge in [0.25, 0.3) is 0 Å². The molecular weight excluding hydrogens is 260 g/mol. The van der Waals surface area contributed by atoms with Crippen LogP contribution < -0.4 is 11.3 Å². The summed E-state index contributed by atoms with van der Waals surface area (Å²) in [5.74, 6) is 8.64. The number of ether oxygens (including phenoxy) is 1. The van der Waals surface area contributed by atoms with Crippen molar-refractivity contribution in [3.8, 4) is 0 Å². The third-order valence-electron chi connectivity index (χ3n) is 4.29. The van der Waals surface area contributed by atoms with E-state index < -0.39 is 0 Å². The number of thioether (sulfide) groups is 1. The van der Waals surface area contributed by atoms with Crippen molar-refractivity contribution in [2.75, 3.05) is 18.1 Å². The smallest absolute Gasteiger partial charge is 0.0947 e. The minimum atomic E-state index is 0.0947. The Morgan fingerprint density at radius 1 is 1.68 bits per heavy atom. The van der Waals surface area contributed by atoms with E-state index in [4.69, 9.17) is 10.6 Å². The highest BCUT2D eigenvalue weighted by molar-refractivity contribution is 7.99. The van der Waals surface area contributed by atoms with Crippen molar-refractivity contribution >= 4 is 11.8 Å². The number of aromatic nitrogens is 2. The number of rotatable bonds is 3. The van der Waals surface area contributed by atoms with Crippen molar-refractivity contribution in [1.82, 2.24) is 15.0 Å². The Labute approximate surface area is 118 Å². The second-order valence-electron chi connectivity index (χ2n) is 5.70. The second kappa shape index (κ2) is 5.44. The van der Waals surface area contributed by atoms with Crippen LogP contribution in [0.4, 0.5) is 0 Å². The SMILES string of the molecule is Cn1cnc(C(NN)C2CCOC3(CCSC3)C2)c1. The molecule has 0 radical (unpaired) electrons. The van der Waals surface area contributed by atoms with Crippen LogP contribution in [-0.4, -0.2) is 33.3 Å². The first-order valence-corrected chi connectivity index (χ1v) is 8.04. The summed E-state index contributed by atoms with van der Waals surface area (Å²) in [7, 11) is 1.99. The predicted molar refractivity (Wildman–Crippen MR) is 76.6 cm³/mol. The van der Waals surface area contributed by atoms with Crippen molar-refractivity contribution in [2.45, 2.75) is 30.9 Å². The van der Waals surface area contributed by atoms with Crippen LogP contribution in [0.2, 0.25) is 0 Å². The van der Waals surface area contributed by atoms with Crippen LogP contribution in [0, 0.1) is 5.92 Å². The highest BCUT2D eigenvalue weighted by atomic mass is 32.2. The van der Waals surface area contributed by atoms with E-state index >= 15 is 0 Å². The Morgan fingerprint density at radius 3 is 3.21 bits per heavy atom. The summed E-state index contributed by atoms with van der Waals surface area (Å²) in [6, 6.07) is 0.132. The molecule has 0 aliphatic carbocycles. The van der Waals surface area contributed by atoms with Crippen LogP contribution in [0.1, 0.15) is 31.0 Å². The van der Waals surface area contributed by atoms with Gasteiger partial charge in [-0.1, -0.05) is 0 Å². The number of nitrogens with zero attached hydrogens (tertiary/aromatic N) is 2. The first kappa shape index (κ1) is 13.4. The number of aryl methyl sites for hydroxylation is 1. The highest BCUT2D eigenvalue weighted by Crippen LogP contribution is 2.43. The van der Waals surface area contributed by atoms with Crippen LogP contribution >= 0.6 is 11.8 Å². The van der Waals surface area contributed by atoms with E-state index in [0.29, 0.717) is 5.92 Å². The Bertz CT molecular complexity index is 430. The molecule has 0 amide bonds. The lowest BCUT2D eigenvalue weighted by Crippen LogP contribution is -2.45. The fraction of sp³-hybridized carbons (Fsp3) is 0.769. The molecule has 6 heteroatoms. The maximum Gasteiger partial charge on any atom is 0.0947 e. The summed E-state index contributed by atoms with van der Waals surface area (Å²) in [5.41, 5.74) is 4.10. The average molecular weight is 282 g/mol. The standard InChI is InChI=1S/C13H22N4OS/c1-17-7-11(15-9-17)12(16-14)10-2-4-18-13(6-10)3-5-19-8-13/h7,9-10,12,16H,2-6,8,14H2,1H3. The van der Waals surface area contributed by atoms with Crippen molar-refractivity contribution in [3.05, 3.63) is 18.2 Å². The minimum absolute atomic E-state index is 0.0947. The van der Waals surface area contributed by atoms with Crippen molar-refractivity contribution in [2.24, 2.45) is 18.8 Å². The van der Waals surface area contributed by atoms with Crippen LogP contribution in [0.5, 0.6) is 0 Å². The molecule has 0 saturated carbocycles. The van der Waals surface area contributed by atoms with E-state index in [-0.39, 0.29) is 11.6 Å². The highest BCUT2D eigenvalue weighted by Gasteiger charge is 2.42. The predicted octanol–water partition coefficient (Wildman–Crippen LogP) is 1.23. The zero-order valence-electron chi connectivity index (χ0n) is 11.3. The molecule has 3 N–H and O–H groups in total. The van der Waals surface area contributed by atoms with Gasteiger partial charge in [0.1, 0.15) is 0 Å². The van der Waals surface area contributed by atoms with Gasteiger partial charge >= 0.3 is 0 Å². The van der Waals surface area contributed by atoms with Gasteiger partial charge in [-0.2, -0.15) is 11.8 Å². The summed E-state index contributed by atoms with van der Waals surface area (Å²) in [6.07, 6.45) is 7.20. The molecule has 1 spiro atoms. The normalized spacial score (nSPS) is 32.8. The number of nitrogens with one attached hydrogen (secondary N) is 1. The van der Waals surface area contributed by atoms with Crippen LogP contribution in [0.25, 0.3) is 0 Å². The fourth-order valence-corrected chi connectivity index (χ4v) is 4.65. The Morgan fingerprint density at radius 2 is 2.58 bits per heavy atom. The number of imidazole rings is 1. The zero-order chi connectivity index (χ0) is 13.3. The molecule has 1 aromatic rings. The largest absolute Gasteiger partial charge is 0.374 e. The molecule has 5 nitrogen and oxygen atoms in total. The van der Waals surface area contributed by atoms with Crippen molar-refractivity contribution < 1.29 is 4.74 Å². The topological polar surface area (TPSA) is 65.1 Å². The molecule has 1 aromatic heterocycles. The molecule has 2 saturated heterocycles. The molecule has 2 aliphatic rings.